The van der Waals surface area contributed by atoms with Crippen LogP contribution >= 0.6 is 0 Å². The molecule has 8 heteroatoms. The normalized spacial score (nSPS) is 13.9. The van der Waals surface area contributed by atoms with Crippen LogP contribution in [0.5, 0.6) is 11.5 Å². The van der Waals surface area contributed by atoms with E-state index in [0.29, 0.717) is 48.6 Å². The predicted octanol–water partition coefficient (Wildman–Crippen LogP) is 1.85. The predicted molar refractivity (Wildman–Crippen MR) is 115 cm³/mol. The highest BCUT2D eigenvalue weighted by Gasteiger charge is 2.25. The average molecular weight is 425 g/mol. The number of carbonyl (C=O) groups excluding carboxylic acids is 3. The summed E-state index contributed by atoms with van der Waals surface area (Å²) in [7, 11) is 3.08. The van der Waals surface area contributed by atoms with Gasteiger partial charge in [0.15, 0.2) is 11.5 Å². The zero-order chi connectivity index (χ0) is 22.2. The number of amides is 3. The number of nitrogens with zero attached hydrogens (tertiary/aromatic N) is 1. The van der Waals surface area contributed by atoms with E-state index < -0.39 is 0 Å². The van der Waals surface area contributed by atoms with E-state index in [2.05, 4.69) is 10.6 Å². The van der Waals surface area contributed by atoms with Gasteiger partial charge in [-0.05, 0) is 43.2 Å². The van der Waals surface area contributed by atoms with Crippen molar-refractivity contribution in [1.82, 2.24) is 15.5 Å². The van der Waals surface area contributed by atoms with E-state index in [9.17, 15) is 14.4 Å². The van der Waals surface area contributed by atoms with Gasteiger partial charge in [0.2, 0.25) is 5.91 Å². The third-order valence-corrected chi connectivity index (χ3v) is 5.22. The van der Waals surface area contributed by atoms with Crippen LogP contribution in [0.1, 0.15) is 33.6 Å². The number of rotatable bonds is 7. The van der Waals surface area contributed by atoms with Crippen LogP contribution in [0.2, 0.25) is 0 Å². The van der Waals surface area contributed by atoms with Crippen molar-refractivity contribution in [3.8, 4) is 11.5 Å². The molecule has 0 radical (unpaired) electrons. The zero-order valence-electron chi connectivity index (χ0n) is 17.7. The molecule has 1 fully saturated rings. The maximum absolute atomic E-state index is 12.8. The van der Waals surface area contributed by atoms with Gasteiger partial charge in [0.1, 0.15) is 0 Å². The molecule has 0 aromatic heterocycles. The molecule has 1 aliphatic heterocycles. The van der Waals surface area contributed by atoms with Crippen molar-refractivity contribution >= 4 is 17.7 Å². The van der Waals surface area contributed by atoms with Crippen LogP contribution in [0, 0.1) is 0 Å². The van der Waals surface area contributed by atoms with Crippen LogP contribution in [-0.4, -0.2) is 62.5 Å². The van der Waals surface area contributed by atoms with Crippen molar-refractivity contribution in [3.05, 3.63) is 59.7 Å². The second-order valence-corrected chi connectivity index (χ2v) is 7.25. The number of benzene rings is 2. The van der Waals surface area contributed by atoms with E-state index >= 15 is 0 Å². The van der Waals surface area contributed by atoms with Gasteiger partial charge < -0.3 is 25.0 Å². The van der Waals surface area contributed by atoms with Crippen LogP contribution in [0.3, 0.4) is 0 Å². The molecular formula is C23H27N3O5. The fraction of sp³-hybridized carbons (Fsp3) is 0.348. The molecule has 0 spiro atoms. The number of methoxy groups -OCH3 is 2. The number of ether oxygens (including phenoxy) is 2. The van der Waals surface area contributed by atoms with Gasteiger partial charge in [-0.2, -0.15) is 0 Å². The quantitative estimate of drug-likeness (QED) is 0.706. The molecule has 0 unspecified atom stereocenters. The van der Waals surface area contributed by atoms with Crippen LogP contribution in [0.15, 0.2) is 48.5 Å². The summed E-state index contributed by atoms with van der Waals surface area (Å²) in [6.07, 6.45) is 1.30. The lowest BCUT2D eigenvalue weighted by atomic mass is 10.0. The summed E-state index contributed by atoms with van der Waals surface area (Å²) < 4.78 is 10.5. The summed E-state index contributed by atoms with van der Waals surface area (Å²) in [5.41, 5.74) is 1.04. The standard InChI is InChI=1S/C23H27N3O5/c1-30-19-9-8-17(14-20(19)31-2)23(29)26-12-10-18(11-13-26)25-21(27)15-24-22(28)16-6-4-3-5-7-16/h3-9,14,18H,10-13,15H2,1-2H3,(H,24,28)(H,25,27). The molecule has 2 aromatic rings. The maximum atomic E-state index is 12.8. The number of likely N-dealkylation sites (tertiary alicyclic amines) is 1. The van der Waals surface area contributed by atoms with Crippen molar-refractivity contribution in [2.45, 2.75) is 18.9 Å². The molecule has 8 nitrogen and oxygen atoms in total. The summed E-state index contributed by atoms with van der Waals surface area (Å²) >= 11 is 0. The molecule has 3 rings (SSSR count). The maximum Gasteiger partial charge on any atom is 0.253 e. The Hall–Kier alpha value is -3.55. The fourth-order valence-corrected chi connectivity index (χ4v) is 3.51. The van der Waals surface area contributed by atoms with E-state index in [1.54, 1.807) is 54.5 Å². The first-order valence-corrected chi connectivity index (χ1v) is 10.2. The monoisotopic (exact) mass is 425 g/mol. The third-order valence-electron chi connectivity index (χ3n) is 5.22. The van der Waals surface area contributed by atoms with Crippen molar-refractivity contribution in [2.24, 2.45) is 0 Å². The highest BCUT2D eigenvalue weighted by molar-refractivity contribution is 5.96. The topological polar surface area (TPSA) is 97.0 Å². The van der Waals surface area contributed by atoms with Gasteiger partial charge in [0.05, 0.1) is 20.8 Å². The van der Waals surface area contributed by atoms with E-state index in [4.69, 9.17) is 9.47 Å². The van der Waals surface area contributed by atoms with Crippen LogP contribution in [0.4, 0.5) is 0 Å². The number of hydrogen-bond donors (Lipinski definition) is 2. The van der Waals surface area contributed by atoms with Crippen LogP contribution in [-0.2, 0) is 4.79 Å². The number of piperidine rings is 1. The third kappa shape index (κ3) is 5.75. The van der Waals surface area contributed by atoms with Gasteiger partial charge in [-0.15, -0.1) is 0 Å². The highest BCUT2D eigenvalue weighted by atomic mass is 16.5. The lowest BCUT2D eigenvalue weighted by Crippen LogP contribution is -2.48. The Morgan fingerprint density at radius 2 is 1.61 bits per heavy atom. The lowest BCUT2D eigenvalue weighted by molar-refractivity contribution is -0.121. The minimum atomic E-state index is -0.286. The molecule has 1 aliphatic rings. The molecule has 2 N–H and O–H groups in total. The van der Waals surface area contributed by atoms with Gasteiger partial charge in [-0.3, -0.25) is 14.4 Å². The fourth-order valence-electron chi connectivity index (χ4n) is 3.51. The second-order valence-electron chi connectivity index (χ2n) is 7.25. The smallest absolute Gasteiger partial charge is 0.253 e. The SMILES string of the molecule is COc1ccc(C(=O)N2CCC(NC(=O)CNC(=O)c3ccccc3)CC2)cc1OC. The molecule has 1 heterocycles. The summed E-state index contributed by atoms with van der Waals surface area (Å²) in [6, 6.07) is 13.8. The van der Waals surface area contributed by atoms with Gasteiger partial charge >= 0.3 is 0 Å². The van der Waals surface area contributed by atoms with E-state index in [-0.39, 0.29) is 30.3 Å². The Kier molecular flexibility index (Phi) is 7.48. The summed E-state index contributed by atoms with van der Waals surface area (Å²) in [5.74, 6) is 0.466. The molecule has 31 heavy (non-hydrogen) atoms. The Balaban J connectivity index is 1.45. The Labute approximate surface area is 181 Å². The van der Waals surface area contributed by atoms with Crippen molar-refractivity contribution in [2.75, 3.05) is 33.9 Å². The largest absolute Gasteiger partial charge is 0.493 e. The minimum Gasteiger partial charge on any atom is -0.493 e. The number of hydrogen-bond acceptors (Lipinski definition) is 5. The molecule has 1 saturated heterocycles. The zero-order valence-corrected chi connectivity index (χ0v) is 17.7. The Morgan fingerprint density at radius 3 is 2.26 bits per heavy atom. The van der Waals surface area contributed by atoms with Crippen LogP contribution < -0.4 is 20.1 Å². The Morgan fingerprint density at radius 1 is 0.935 bits per heavy atom. The number of nitrogens with one attached hydrogen (secondary N) is 2. The Bertz CT molecular complexity index is 924. The molecule has 0 aliphatic carbocycles. The molecule has 164 valence electrons. The molecular weight excluding hydrogens is 398 g/mol. The van der Waals surface area contributed by atoms with Crippen molar-refractivity contribution < 1.29 is 23.9 Å². The molecule has 2 aromatic carbocycles. The van der Waals surface area contributed by atoms with Gasteiger partial charge in [-0.25, -0.2) is 0 Å². The summed E-state index contributed by atoms with van der Waals surface area (Å²) in [6.45, 7) is 0.988. The van der Waals surface area contributed by atoms with Crippen molar-refractivity contribution in [1.29, 1.82) is 0 Å². The van der Waals surface area contributed by atoms with E-state index in [1.165, 1.54) is 7.11 Å². The number of carbonyl (C=O) groups is 3. The molecule has 0 bridgehead atoms. The second kappa shape index (κ2) is 10.5. The van der Waals surface area contributed by atoms with Gasteiger partial charge in [0.25, 0.3) is 11.8 Å². The highest BCUT2D eigenvalue weighted by Crippen LogP contribution is 2.28. The molecule has 3 amide bonds. The van der Waals surface area contributed by atoms with Gasteiger partial charge in [0, 0.05) is 30.3 Å². The van der Waals surface area contributed by atoms with Crippen molar-refractivity contribution in [3.63, 3.8) is 0 Å². The first-order chi connectivity index (χ1) is 15.0. The van der Waals surface area contributed by atoms with E-state index in [1.807, 2.05) is 6.07 Å². The molecule has 0 saturated carbocycles. The van der Waals surface area contributed by atoms with E-state index in [0.717, 1.165) is 0 Å². The first kappa shape index (κ1) is 22.1. The molecule has 0 atom stereocenters. The first-order valence-electron chi connectivity index (χ1n) is 10.2. The van der Waals surface area contributed by atoms with Crippen LogP contribution in [0.25, 0.3) is 0 Å². The summed E-state index contributed by atoms with van der Waals surface area (Å²) in [5, 5.41) is 5.55. The lowest BCUT2D eigenvalue weighted by Gasteiger charge is -2.32. The minimum absolute atomic E-state index is 0.0319. The average Bonchev–Trinajstić information content (AvgIpc) is 2.82. The summed E-state index contributed by atoms with van der Waals surface area (Å²) in [4.78, 5) is 38.8. The van der Waals surface area contributed by atoms with Gasteiger partial charge in [-0.1, -0.05) is 18.2 Å².